The minimum atomic E-state index is -0.0656. The molecule has 1 fully saturated rings. The van der Waals surface area contributed by atoms with Gasteiger partial charge in [0.15, 0.2) is 0 Å². The smallest absolute Gasteiger partial charge is 0.219 e. The van der Waals surface area contributed by atoms with Crippen LogP contribution >= 0.6 is 12.2 Å². The lowest BCUT2D eigenvalue weighted by atomic mass is 10.1. The topological polar surface area (TPSA) is 65.4 Å². The second-order valence-corrected chi connectivity index (χ2v) is 4.94. The van der Waals surface area contributed by atoms with Crippen molar-refractivity contribution >= 4 is 23.1 Å². The molecule has 1 atom stereocenters. The molecule has 6 heteroatoms. The summed E-state index contributed by atoms with van der Waals surface area (Å²) in [6.45, 7) is 4.65. The SMILES string of the molecule is CC(=O)N1CCN(C(C(N)=S)c2ccc[nH]2)CC1. The molecule has 3 N–H and O–H groups in total. The van der Waals surface area contributed by atoms with E-state index in [1.54, 1.807) is 6.92 Å². The van der Waals surface area contributed by atoms with Crippen LogP contribution in [0.4, 0.5) is 0 Å². The number of nitrogens with two attached hydrogens (primary N) is 1. The first-order chi connectivity index (χ1) is 8.59. The average molecular weight is 266 g/mol. The minimum absolute atomic E-state index is 0.0656. The highest BCUT2D eigenvalue weighted by molar-refractivity contribution is 7.80. The van der Waals surface area contributed by atoms with Crippen molar-refractivity contribution < 1.29 is 4.79 Å². The zero-order chi connectivity index (χ0) is 13.1. The van der Waals surface area contributed by atoms with E-state index in [2.05, 4.69) is 9.88 Å². The number of aromatic nitrogens is 1. The van der Waals surface area contributed by atoms with Gasteiger partial charge in [0.25, 0.3) is 0 Å². The van der Waals surface area contributed by atoms with Gasteiger partial charge in [-0.05, 0) is 12.1 Å². The van der Waals surface area contributed by atoms with Gasteiger partial charge in [-0.1, -0.05) is 12.2 Å². The number of nitrogens with zero attached hydrogens (tertiary/aromatic N) is 2. The lowest BCUT2D eigenvalue weighted by molar-refractivity contribution is -0.130. The number of rotatable bonds is 3. The molecule has 2 heterocycles. The van der Waals surface area contributed by atoms with Crippen LogP contribution in [-0.4, -0.2) is 51.9 Å². The number of hydrogen-bond donors (Lipinski definition) is 2. The molecule has 0 aromatic carbocycles. The Balaban J connectivity index is 2.06. The first-order valence-electron chi connectivity index (χ1n) is 6.02. The number of amides is 1. The number of nitrogens with one attached hydrogen (secondary N) is 1. The van der Waals surface area contributed by atoms with Gasteiger partial charge in [-0.25, -0.2) is 0 Å². The van der Waals surface area contributed by atoms with Gasteiger partial charge in [-0.3, -0.25) is 9.69 Å². The Morgan fingerprint density at radius 3 is 2.56 bits per heavy atom. The molecule has 1 saturated heterocycles. The van der Waals surface area contributed by atoms with Crippen LogP contribution in [0.1, 0.15) is 18.7 Å². The van der Waals surface area contributed by atoms with E-state index in [9.17, 15) is 4.79 Å². The largest absolute Gasteiger partial charge is 0.392 e. The first kappa shape index (κ1) is 13.0. The minimum Gasteiger partial charge on any atom is -0.392 e. The molecule has 1 aromatic rings. The number of piperazine rings is 1. The van der Waals surface area contributed by atoms with Crippen molar-refractivity contribution in [3.05, 3.63) is 24.0 Å². The van der Waals surface area contributed by atoms with Crippen LogP contribution < -0.4 is 5.73 Å². The number of carbonyl (C=O) groups is 1. The average Bonchev–Trinajstić information content (AvgIpc) is 2.83. The standard InChI is InChI=1S/C12H18N4OS/c1-9(17)15-5-7-16(8-6-15)11(12(13)18)10-3-2-4-14-10/h2-4,11,14H,5-8H2,1H3,(H2,13,18). The van der Waals surface area contributed by atoms with Crippen LogP contribution in [0, 0.1) is 0 Å². The maximum absolute atomic E-state index is 11.3. The molecule has 2 rings (SSSR count). The van der Waals surface area contributed by atoms with Crippen LogP contribution in [0.2, 0.25) is 0 Å². The zero-order valence-electron chi connectivity index (χ0n) is 10.4. The molecule has 98 valence electrons. The molecule has 0 spiro atoms. The molecule has 0 bridgehead atoms. The second kappa shape index (κ2) is 5.49. The van der Waals surface area contributed by atoms with Gasteiger partial charge in [0.2, 0.25) is 5.91 Å². The Bertz CT molecular complexity index is 423. The van der Waals surface area contributed by atoms with E-state index in [1.165, 1.54) is 0 Å². The van der Waals surface area contributed by atoms with Crippen LogP contribution in [0.5, 0.6) is 0 Å². The lowest BCUT2D eigenvalue weighted by Crippen LogP contribution is -2.51. The summed E-state index contributed by atoms with van der Waals surface area (Å²) < 4.78 is 0. The van der Waals surface area contributed by atoms with E-state index in [4.69, 9.17) is 18.0 Å². The zero-order valence-corrected chi connectivity index (χ0v) is 11.2. The Kier molecular flexibility index (Phi) is 3.98. The summed E-state index contributed by atoms with van der Waals surface area (Å²) >= 11 is 5.16. The number of thiocarbonyl (C=S) groups is 1. The summed E-state index contributed by atoms with van der Waals surface area (Å²) in [5.41, 5.74) is 6.86. The van der Waals surface area contributed by atoms with Crippen LogP contribution in [-0.2, 0) is 4.79 Å². The highest BCUT2D eigenvalue weighted by atomic mass is 32.1. The van der Waals surface area contributed by atoms with E-state index in [0.717, 1.165) is 31.9 Å². The van der Waals surface area contributed by atoms with Crippen molar-refractivity contribution in [2.45, 2.75) is 13.0 Å². The molecule has 0 saturated carbocycles. The molecule has 1 unspecified atom stereocenters. The maximum Gasteiger partial charge on any atom is 0.219 e. The molecule has 18 heavy (non-hydrogen) atoms. The van der Waals surface area contributed by atoms with Crippen LogP contribution in [0.25, 0.3) is 0 Å². The van der Waals surface area contributed by atoms with Crippen molar-refractivity contribution in [3.8, 4) is 0 Å². The normalized spacial score (nSPS) is 18.6. The molecule has 5 nitrogen and oxygen atoms in total. The molecular formula is C12H18N4OS. The van der Waals surface area contributed by atoms with Gasteiger partial charge in [0.05, 0.1) is 4.99 Å². The Labute approximate surface area is 112 Å². The summed E-state index contributed by atoms with van der Waals surface area (Å²) in [4.78, 5) is 19.0. The Morgan fingerprint density at radius 2 is 2.11 bits per heavy atom. The predicted molar refractivity (Wildman–Crippen MR) is 74.1 cm³/mol. The fourth-order valence-corrected chi connectivity index (χ4v) is 2.62. The second-order valence-electron chi connectivity index (χ2n) is 4.47. The quantitative estimate of drug-likeness (QED) is 0.782. The van der Waals surface area contributed by atoms with Gasteiger partial charge < -0.3 is 15.6 Å². The van der Waals surface area contributed by atoms with Crippen LogP contribution in [0.15, 0.2) is 18.3 Å². The third-order valence-corrected chi connectivity index (χ3v) is 3.53. The third kappa shape index (κ3) is 2.70. The highest BCUT2D eigenvalue weighted by Crippen LogP contribution is 2.21. The molecule has 1 aromatic heterocycles. The predicted octanol–water partition coefficient (Wildman–Crippen LogP) is 0.506. The summed E-state index contributed by atoms with van der Waals surface area (Å²) in [5, 5.41) is 0. The number of aromatic amines is 1. The molecular weight excluding hydrogens is 248 g/mol. The van der Waals surface area contributed by atoms with Crippen LogP contribution in [0.3, 0.4) is 0 Å². The summed E-state index contributed by atoms with van der Waals surface area (Å²) in [6.07, 6.45) is 1.87. The van der Waals surface area contributed by atoms with Crippen molar-refractivity contribution in [1.82, 2.24) is 14.8 Å². The van der Waals surface area contributed by atoms with Crippen molar-refractivity contribution in [3.63, 3.8) is 0 Å². The van der Waals surface area contributed by atoms with Gasteiger partial charge >= 0.3 is 0 Å². The molecule has 0 radical (unpaired) electrons. The summed E-state index contributed by atoms with van der Waals surface area (Å²) in [7, 11) is 0. The van der Waals surface area contributed by atoms with Gasteiger partial charge in [0.1, 0.15) is 6.04 Å². The Hall–Kier alpha value is -1.40. The molecule has 1 amide bonds. The van der Waals surface area contributed by atoms with E-state index >= 15 is 0 Å². The summed E-state index contributed by atoms with van der Waals surface area (Å²) in [6, 6.07) is 3.86. The van der Waals surface area contributed by atoms with E-state index in [1.807, 2.05) is 23.2 Å². The third-order valence-electron chi connectivity index (χ3n) is 3.31. The number of carbonyl (C=O) groups excluding carboxylic acids is 1. The molecule has 1 aliphatic rings. The monoisotopic (exact) mass is 266 g/mol. The van der Waals surface area contributed by atoms with Crippen molar-refractivity contribution in [2.24, 2.45) is 5.73 Å². The van der Waals surface area contributed by atoms with Gasteiger partial charge in [0, 0.05) is 45.0 Å². The van der Waals surface area contributed by atoms with Crippen molar-refractivity contribution in [2.75, 3.05) is 26.2 Å². The lowest BCUT2D eigenvalue weighted by Gasteiger charge is -2.38. The highest BCUT2D eigenvalue weighted by Gasteiger charge is 2.28. The van der Waals surface area contributed by atoms with Gasteiger partial charge in [-0.15, -0.1) is 0 Å². The maximum atomic E-state index is 11.3. The molecule has 0 aliphatic carbocycles. The summed E-state index contributed by atoms with van der Waals surface area (Å²) in [5.74, 6) is 0.126. The number of hydrogen-bond acceptors (Lipinski definition) is 3. The molecule has 1 aliphatic heterocycles. The van der Waals surface area contributed by atoms with E-state index < -0.39 is 0 Å². The van der Waals surface area contributed by atoms with Crippen molar-refractivity contribution in [1.29, 1.82) is 0 Å². The van der Waals surface area contributed by atoms with E-state index in [-0.39, 0.29) is 11.9 Å². The van der Waals surface area contributed by atoms with Gasteiger partial charge in [-0.2, -0.15) is 0 Å². The number of H-pyrrole nitrogens is 1. The first-order valence-corrected chi connectivity index (χ1v) is 6.42. The fraction of sp³-hybridized carbons (Fsp3) is 0.500. The Morgan fingerprint density at radius 1 is 1.44 bits per heavy atom. The van der Waals surface area contributed by atoms with E-state index in [0.29, 0.717) is 4.99 Å². The fourth-order valence-electron chi connectivity index (χ4n) is 2.34.